The van der Waals surface area contributed by atoms with Crippen LogP contribution in [-0.2, 0) is 6.42 Å². The molecule has 0 amide bonds. The summed E-state index contributed by atoms with van der Waals surface area (Å²) in [4.78, 5) is 5.97. The molecule has 1 aromatic heterocycles. The Hall–Kier alpha value is -1.39. The minimum Gasteiger partial charge on any atom is -0.494 e. The van der Waals surface area contributed by atoms with Gasteiger partial charge in [0.15, 0.2) is 0 Å². The molecule has 0 spiro atoms. The van der Waals surface area contributed by atoms with E-state index in [4.69, 9.17) is 15.5 Å². The maximum Gasteiger partial charge on any atom is 0.124 e. The van der Waals surface area contributed by atoms with Gasteiger partial charge in [0.05, 0.1) is 12.3 Å². The number of hydrogen-bond donors (Lipinski definition) is 1. The molecular weight excluding hydrogens is 268 g/mol. The lowest BCUT2D eigenvalue weighted by molar-refractivity contribution is 0.340. The number of aryl methyl sites for hydroxylation is 1. The van der Waals surface area contributed by atoms with Crippen LogP contribution in [0.1, 0.15) is 43.8 Å². The molecule has 20 heavy (non-hydrogen) atoms. The van der Waals surface area contributed by atoms with E-state index in [0.717, 1.165) is 34.9 Å². The van der Waals surface area contributed by atoms with Gasteiger partial charge in [0.2, 0.25) is 0 Å². The quantitative estimate of drug-likeness (QED) is 0.868. The van der Waals surface area contributed by atoms with Gasteiger partial charge in [-0.2, -0.15) is 0 Å². The fourth-order valence-corrected chi connectivity index (χ4v) is 3.20. The second-order valence-corrected chi connectivity index (χ2v) is 5.86. The Morgan fingerprint density at radius 1 is 1.35 bits per heavy atom. The SMILES string of the molecule is CCCc1nc(-c2cccc(OCC)c2)sc1C(C)N. The molecule has 1 heterocycles. The lowest BCUT2D eigenvalue weighted by Gasteiger charge is -2.04. The van der Waals surface area contributed by atoms with Gasteiger partial charge in [-0.25, -0.2) is 4.98 Å². The van der Waals surface area contributed by atoms with Gasteiger partial charge in [-0.15, -0.1) is 11.3 Å². The summed E-state index contributed by atoms with van der Waals surface area (Å²) in [6, 6.07) is 8.13. The number of hydrogen-bond acceptors (Lipinski definition) is 4. The summed E-state index contributed by atoms with van der Waals surface area (Å²) in [5, 5.41) is 1.03. The molecule has 0 saturated carbocycles. The summed E-state index contributed by atoms with van der Waals surface area (Å²) in [6.07, 6.45) is 2.07. The van der Waals surface area contributed by atoms with Crippen LogP contribution in [0, 0.1) is 0 Å². The summed E-state index contributed by atoms with van der Waals surface area (Å²) in [5.41, 5.74) is 8.30. The van der Waals surface area contributed by atoms with E-state index in [1.54, 1.807) is 11.3 Å². The molecule has 1 unspecified atom stereocenters. The van der Waals surface area contributed by atoms with Crippen molar-refractivity contribution < 1.29 is 4.74 Å². The molecule has 2 N–H and O–H groups in total. The minimum absolute atomic E-state index is 0.0397. The zero-order valence-corrected chi connectivity index (χ0v) is 13.2. The maximum absolute atomic E-state index is 6.06. The van der Waals surface area contributed by atoms with Crippen LogP contribution < -0.4 is 10.5 Å². The molecular formula is C16H22N2OS. The van der Waals surface area contributed by atoms with Crippen LogP contribution in [0.25, 0.3) is 10.6 Å². The van der Waals surface area contributed by atoms with Crippen LogP contribution in [-0.4, -0.2) is 11.6 Å². The lowest BCUT2D eigenvalue weighted by Crippen LogP contribution is -2.05. The molecule has 0 saturated heterocycles. The van der Waals surface area contributed by atoms with Gasteiger partial charge >= 0.3 is 0 Å². The van der Waals surface area contributed by atoms with Gasteiger partial charge in [-0.3, -0.25) is 0 Å². The predicted molar refractivity (Wildman–Crippen MR) is 85.3 cm³/mol. The Kier molecular flexibility index (Phi) is 5.15. The number of rotatable bonds is 6. The third kappa shape index (κ3) is 3.38. The number of benzene rings is 1. The molecule has 0 aliphatic rings. The highest BCUT2D eigenvalue weighted by Crippen LogP contribution is 2.33. The van der Waals surface area contributed by atoms with Crippen molar-refractivity contribution in [1.82, 2.24) is 4.98 Å². The Morgan fingerprint density at radius 2 is 2.15 bits per heavy atom. The normalized spacial score (nSPS) is 12.4. The van der Waals surface area contributed by atoms with Crippen molar-refractivity contribution in [2.75, 3.05) is 6.61 Å². The second kappa shape index (κ2) is 6.86. The molecule has 0 fully saturated rings. The van der Waals surface area contributed by atoms with Crippen molar-refractivity contribution in [3.05, 3.63) is 34.8 Å². The molecule has 0 radical (unpaired) electrons. The average molecular weight is 290 g/mol. The first kappa shape index (κ1) is 15.0. The van der Waals surface area contributed by atoms with Gasteiger partial charge in [0, 0.05) is 16.5 Å². The van der Waals surface area contributed by atoms with E-state index in [0.29, 0.717) is 6.61 Å². The standard InChI is InChI=1S/C16H22N2OS/c1-4-7-14-15(11(3)17)20-16(18-14)12-8-6-9-13(10-12)19-5-2/h6,8-11H,4-5,7,17H2,1-3H3. The zero-order chi connectivity index (χ0) is 14.5. The number of ether oxygens (including phenoxy) is 1. The van der Waals surface area contributed by atoms with Crippen molar-refractivity contribution in [3.63, 3.8) is 0 Å². The molecule has 0 bridgehead atoms. The topological polar surface area (TPSA) is 48.1 Å². The van der Waals surface area contributed by atoms with E-state index in [2.05, 4.69) is 13.0 Å². The highest BCUT2D eigenvalue weighted by molar-refractivity contribution is 7.15. The highest BCUT2D eigenvalue weighted by Gasteiger charge is 2.15. The maximum atomic E-state index is 6.06. The van der Waals surface area contributed by atoms with Gasteiger partial charge in [0.1, 0.15) is 10.8 Å². The van der Waals surface area contributed by atoms with E-state index >= 15 is 0 Å². The van der Waals surface area contributed by atoms with Crippen LogP contribution in [0.5, 0.6) is 5.75 Å². The molecule has 0 aliphatic heterocycles. The van der Waals surface area contributed by atoms with Crippen molar-refractivity contribution >= 4 is 11.3 Å². The Morgan fingerprint density at radius 3 is 2.80 bits per heavy atom. The summed E-state index contributed by atoms with van der Waals surface area (Å²) < 4.78 is 5.55. The predicted octanol–water partition coefficient (Wildman–Crippen LogP) is 4.18. The number of thiazole rings is 1. The van der Waals surface area contributed by atoms with Crippen LogP contribution in [0.4, 0.5) is 0 Å². The van der Waals surface area contributed by atoms with Gasteiger partial charge < -0.3 is 10.5 Å². The fourth-order valence-electron chi connectivity index (χ4n) is 2.14. The number of nitrogens with two attached hydrogens (primary N) is 1. The van der Waals surface area contributed by atoms with Crippen LogP contribution in [0.2, 0.25) is 0 Å². The van der Waals surface area contributed by atoms with Gasteiger partial charge in [-0.1, -0.05) is 25.5 Å². The third-order valence-corrected chi connectivity index (χ3v) is 4.37. The molecule has 2 aromatic rings. The van der Waals surface area contributed by atoms with Gasteiger partial charge in [-0.05, 0) is 32.4 Å². The first-order chi connectivity index (χ1) is 9.65. The lowest BCUT2D eigenvalue weighted by atomic mass is 10.1. The molecule has 108 valence electrons. The number of aromatic nitrogens is 1. The van der Waals surface area contributed by atoms with E-state index in [1.807, 2.05) is 32.0 Å². The average Bonchev–Trinajstić information content (AvgIpc) is 2.84. The minimum atomic E-state index is 0.0397. The molecule has 3 nitrogen and oxygen atoms in total. The molecule has 2 rings (SSSR count). The fraction of sp³-hybridized carbons (Fsp3) is 0.438. The molecule has 1 atom stereocenters. The van der Waals surface area contributed by atoms with Crippen LogP contribution in [0.3, 0.4) is 0 Å². The monoisotopic (exact) mass is 290 g/mol. The summed E-state index contributed by atoms with van der Waals surface area (Å²) in [6.45, 7) is 6.85. The van der Waals surface area contributed by atoms with E-state index < -0.39 is 0 Å². The second-order valence-electron chi connectivity index (χ2n) is 4.83. The van der Waals surface area contributed by atoms with Crippen molar-refractivity contribution in [2.24, 2.45) is 5.73 Å². The summed E-state index contributed by atoms with van der Waals surface area (Å²) >= 11 is 1.70. The Balaban J connectivity index is 2.37. The van der Waals surface area contributed by atoms with Crippen molar-refractivity contribution in [3.8, 4) is 16.3 Å². The summed E-state index contributed by atoms with van der Waals surface area (Å²) in [5.74, 6) is 0.889. The smallest absolute Gasteiger partial charge is 0.124 e. The summed E-state index contributed by atoms with van der Waals surface area (Å²) in [7, 11) is 0. The highest BCUT2D eigenvalue weighted by atomic mass is 32.1. The zero-order valence-electron chi connectivity index (χ0n) is 12.3. The first-order valence-corrected chi connectivity index (χ1v) is 7.95. The van der Waals surface area contributed by atoms with Crippen molar-refractivity contribution in [2.45, 2.75) is 39.7 Å². The number of nitrogens with zero attached hydrogens (tertiary/aromatic N) is 1. The molecule has 0 aliphatic carbocycles. The van der Waals surface area contributed by atoms with Gasteiger partial charge in [0.25, 0.3) is 0 Å². The van der Waals surface area contributed by atoms with Crippen LogP contribution in [0.15, 0.2) is 24.3 Å². The Bertz CT molecular complexity index is 563. The Labute approximate surface area is 124 Å². The molecule has 4 heteroatoms. The largest absolute Gasteiger partial charge is 0.494 e. The van der Waals surface area contributed by atoms with Crippen molar-refractivity contribution in [1.29, 1.82) is 0 Å². The van der Waals surface area contributed by atoms with Crippen LogP contribution >= 0.6 is 11.3 Å². The third-order valence-electron chi connectivity index (χ3n) is 3.02. The van der Waals surface area contributed by atoms with E-state index in [-0.39, 0.29) is 6.04 Å². The van der Waals surface area contributed by atoms with E-state index in [9.17, 15) is 0 Å². The molecule has 1 aromatic carbocycles. The van der Waals surface area contributed by atoms with E-state index in [1.165, 1.54) is 4.88 Å². The first-order valence-electron chi connectivity index (χ1n) is 7.14.